The van der Waals surface area contributed by atoms with Crippen LogP contribution in [0, 0.1) is 12.1 Å². The average molecular weight is 757 g/mol. The Kier molecular flexibility index (Phi) is 8.25. The van der Waals surface area contributed by atoms with E-state index in [0.29, 0.717) is 0 Å². The van der Waals surface area contributed by atoms with Gasteiger partial charge in [0.2, 0.25) is 0 Å². The predicted molar refractivity (Wildman–Crippen MR) is 181 cm³/mol. The van der Waals surface area contributed by atoms with Crippen molar-refractivity contribution in [3.8, 4) is 11.3 Å². The van der Waals surface area contributed by atoms with E-state index in [1.807, 2.05) is 36.7 Å². The number of pyridine rings is 2. The van der Waals surface area contributed by atoms with E-state index in [4.69, 9.17) is 4.42 Å². The van der Waals surface area contributed by atoms with Crippen molar-refractivity contribution < 1.29 is 24.5 Å². The third-order valence-electron chi connectivity index (χ3n) is 8.30. The van der Waals surface area contributed by atoms with Crippen LogP contribution in [0.4, 0.5) is 0 Å². The second-order valence-corrected chi connectivity index (χ2v) is 14.7. The first-order chi connectivity index (χ1) is 20.2. The third-order valence-corrected chi connectivity index (χ3v) is 8.30. The molecule has 4 heteroatoms. The fraction of sp³-hybridized carbons (Fsp3) is 0.300. The quantitative estimate of drug-likeness (QED) is 0.124. The van der Waals surface area contributed by atoms with Crippen molar-refractivity contribution in [1.82, 2.24) is 9.97 Å². The first-order valence-corrected chi connectivity index (χ1v) is 15.1. The molecule has 7 aromatic rings. The second kappa shape index (κ2) is 11.4. The molecule has 0 saturated carbocycles. The molecule has 0 aliphatic heterocycles. The van der Waals surface area contributed by atoms with Crippen molar-refractivity contribution in [2.45, 2.75) is 78.6 Å². The smallest absolute Gasteiger partial charge is 0.124 e. The minimum absolute atomic E-state index is 0. The molecular formula is C40H40IrN2O-2. The van der Waals surface area contributed by atoms with Crippen LogP contribution in [0.5, 0.6) is 0 Å². The van der Waals surface area contributed by atoms with Crippen molar-refractivity contribution in [3.63, 3.8) is 0 Å². The van der Waals surface area contributed by atoms with Crippen LogP contribution < -0.4 is 0 Å². The Morgan fingerprint density at radius 1 is 0.591 bits per heavy atom. The maximum absolute atomic E-state index is 6.17. The summed E-state index contributed by atoms with van der Waals surface area (Å²) in [5.41, 5.74) is 9.19. The Bertz CT molecular complexity index is 2030. The van der Waals surface area contributed by atoms with Gasteiger partial charge in [-0.1, -0.05) is 92.0 Å². The topological polar surface area (TPSA) is 38.9 Å². The van der Waals surface area contributed by atoms with Gasteiger partial charge in [0.15, 0.2) is 0 Å². The van der Waals surface area contributed by atoms with E-state index < -0.39 is 0 Å². The molecule has 0 aliphatic rings. The second-order valence-electron chi connectivity index (χ2n) is 14.7. The number of rotatable bonds is 1. The van der Waals surface area contributed by atoms with Gasteiger partial charge in [-0.3, -0.25) is 0 Å². The monoisotopic (exact) mass is 757 g/mol. The molecule has 3 heterocycles. The number of aromatic nitrogens is 2. The van der Waals surface area contributed by atoms with Crippen LogP contribution >= 0.6 is 0 Å². The van der Waals surface area contributed by atoms with Crippen LogP contribution in [-0.4, -0.2) is 9.97 Å². The number of furan rings is 1. The summed E-state index contributed by atoms with van der Waals surface area (Å²) in [6, 6.07) is 29.8. The van der Waals surface area contributed by atoms with Crippen molar-refractivity contribution in [1.29, 1.82) is 0 Å². The Morgan fingerprint density at radius 2 is 1.27 bits per heavy atom. The molecule has 3 nitrogen and oxygen atoms in total. The number of hydrogen-bond acceptors (Lipinski definition) is 3. The van der Waals surface area contributed by atoms with E-state index >= 15 is 0 Å². The molecule has 0 spiro atoms. The van der Waals surface area contributed by atoms with Crippen molar-refractivity contribution in [2.24, 2.45) is 0 Å². The van der Waals surface area contributed by atoms with E-state index in [0.717, 1.165) is 38.7 Å². The van der Waals surface area contributed by atoms with Crippen molar-refractivity contribution >= 4 is 43.6 Å². The van der Waals surface area contributed by atoms with E-state index in [-0.39, 0.29) is 36.4 Å². The summed E-state index contributed by atoms with van der Waals surface area (Å²) in [6.45, 7) is 20.0. The zero-order valence-corrected chi connectivity index (χ0v) is 29.5. The van der Waals surface area contributed by atoms with Gasteiger partial charge in [-0.05, 0) is 72.9 Å². The van der Waals surface area contributed by atoms with Gasteiger partial charge in [0.05, 0.1) is 5.58 Å². The van der Waals surface area contributed by atoms with Crippen LogP contribution in [0.25, 0.3) is 54.9 Å². The molecule has 0 amide bonds. The summed E-state index contributed by atoms with van der Waals surface area (Å²) in [5, 5.41) is 5.78. The molecule has 0 bridgehead atoms. The zero-order valence-electron chi connectivity index (χ0n) is 27.1. The maximum atomic E-state index is 6.17. The van der Waals surface area contributed by atoms with Gasteiger partial charge in [0, 0.05) is 32.5 Å². The van der Waals surface area contributed by atoms with E-state index in [9.17, 15) is 0 Å². The Hall–Kier alpha value is -3.59. The largest absolute Gasteiger partial charge is 0.476 e. The van der Waals surface area contributed by atoms with Crippen molar-refractivity contribution in [3.05, 3.63) is 108 Å². The molecule has 4 aromatic carbocycles. The van der Waals surface area contributed by atoms with Crippen LogP contribution in [0.15, 0.2) is 83.5 Å². The Balaban J connectivity index is 0.000000173. The number of nitrogens with zero attached hydrogens (tertiary/aromatic N) is 2. The van der Waals surface area contributed by atoms with E-state index in [1.54, 1.807) is 0 Å². The Labute approximate surface area is 274 Å². The summed E-state index contributed by atoms with van der Waals surface area (Å²) < 4.78 is 6.17. The van der Waals surface area contributed by atoms with Gasteiger partial charge in [0.1, 0.15) is 5.58 Å². The molecule has 0 N–H and O–H groups in total. The number of hydrogen-bond donors (Lipinski definition) is 0. The summed E-state index contributed by atoms with van der Waals surface area (Å²) in [7, 11) is 0. The SMILES string of the molecule is CC(C)(C)c1cc2oc3cc[c-]c4c5ncccc5c(c1)c2c34.CC(C)(C)c1cc[c-]c(-c2cc(C(C)(C)C)ccn2)c1.[Ir]. The zero-order chi connectivity index (χ0) is 30.7. The molecule has 0 aliphatic carbocycles. The minimum atomic E-state index is 0. The van der Waals surface area contributed by atoms with Gasteiger partial charge >= 0.3 is 0 Å². The molecule has 7 rings (SSSR count). The molecule has 0 unspecified atom stereocenters. The van der Waals surface area contributed by atoms with Gasteiger partial charge in [0.25, 0.3) is 0 Å². The molecule has 0 atom stereocenters. The van der Waals surface area contributed by atoms with E-state index in [2.05, 4.69) is 127 Å². The van der Waals surface area contributed by atoms with Gasteiger partial charge in [-0.25, -0.2) is 0 Å². The standard InChI is InChI=1S/C21H16NO.C19H24N.Ir/c1-21(2,3)12-10-15-13-7-5-9-22-20(13)14-6-4-8-16-18(14)19(15)17(11-12)23-16;1-18(2,3)15-9-7-8-14(12-15)17-13-16(10-11-20-17)19(4,5)6;/h4-5,7-11H,1-3H3;7,9-13H,1-6H3;/q2*-1;. The minimum Gasteiger partial charge on any atom is -0.476 e. The third kappa shape index (κ3) is 5.90. The van der Waals surface area contributed by atoms with Crippen molar-refractivity contribution in [2.75, 3.05) is 0 Å². The van der Waals surface area contributed by atoms with Gasteiger partial charge in [-0.2, -0.15) is 0 Å². The van der Waals surface area contributed by atoms with Gasteiger partial charge < -0.3 is 14.4 Å². The molecule has 1 radical (unpaired) electrons. The summed E-state index contributed by atoms with van der Waals surface area (Å²) in [4.78, 5) is 9.14. The Morgan fingerprint density at radius 3 is 1.98 bits per heavy atom. The molecule has 0 saturated heterocycles. The number of benzene rings is 4. The fourth-order valence-corrected chi connectivity index (χ4v) is 5.66. The normalized spacial score (nSPS) is 12.5. The fourth-order valence-electron chi connectivity index (χ4n) is 5.66. The molecule has 3 aromatic heterocycles. The first-order valence-electron chi connectivity index (χ1n) is 15.1. The van der Waals surface area contributed by atoms with Gasteiger partial charge in [-0.15, -0.1) is 52.9 Å². The van der Waals surface area contributed by atoms with E-state index in [1.165, 1.54) is 32.8 Å². The summed E-state index contributed by atoms with van der Waals surface area (Å²) in [6.07, 6.45) is 3.74. The summed E-state index contributed by atoms with van der Waals surface area (Å²) in [5.74, 6) is 0. The van der Waals surface area contributed by atoms with Crippen LogP contribution in [0.3, 0.4) is 0 Å². The molecular weight excluding hydrogens is 717 g/mol. The molecule has 0 fully saturated rings. The van der Waals surface area contributed by atoms with Crippen LogP contribution in [-0.2, 0) is 36.4 Å². The summed E-state index contributed by atoms with van der Waals surface area (Å²) >= 11 is 0. The van der Waals surface area contributed by atoms with Crippen LogP contribution in [0.2, 0.25) is 0 Å². The first kappa shape index (κ1) is 31.8. The maximum Gasteiger partial charge on any atom is 0.124 e. The predicted octanol–water partition coefficient (Wildman–Crippen LogP) is 11.0. The molecule has 227 valence electrons. The number of fused-ring (bicyclic) bond motifs is 3. The average Bonchev–Trinajstić information content (AvgIpc) is 3.35. The molecule has 44 heavy (non-hydrogen) atoms. The van der Waals surface area contributed by atoms with Crippen LogP contribution in [0.1, 0.15) is 79.0 Å².